The van der Waals surface area contributed by atoms with E-state index in [4.69, 9.17) is 4.74 Å². The molecule has 2 heterocycles. The molecule has 0 radical (unpaired) electrons. The van der Waals surface area contributed by atoms with Crippen LogP contribution in [0.4, 0.5) is 16.3 Å². The Hall–Kier alpha value is -2.97. The number of thiophene rings is 1. The third-order valence-corrected chi connectivity index (χ3v) is 4.51. The molecule has 8 heteroatoms. The number of methoxy groups -OCH3 is 1. The third-order valence-electron chi connectivity index (χ3n) is 3.78. The van der Waals surface area contributed by atoms with Crippen molar-refractivity contribution >= 4 is 28.9 Å². The minimum absolute atomic E-state index is 0.381. The van der Waals surface area contributed by atoms with Gasteiger partial charge in [-0.2, -0.15) is 11.3 Å². The largest absolute Gasteiger partial charge is 0.495 e. The van der Waals surface area contributed by atoms with E-state index in [0.717, 1.165) is 17.8 Å². The molecule has 0 saturated heterocycles. The topological polar surface area (TPSA) is 88.2 Å². The van der Waals surface area contributed by atoms with Gasteiger partial charge in [0.05, 0.1) is 30.9 Å². The van der Waals surface area contributed by atoms with E-state index in [2.05, 4.69) is 42.7 Å². The van der Waals surface area contributed by atoms with Crippen molar-refractivity contribution in [3.05, 3.63) is 64.2 Å². The van der Waals surface area contributed by atoms with Crippen LogP contribution in [0, 0.1) is 6.92 Å². The second-order valence-corrected chi connectivity index (χ2v) is 6.67. The standard InChI is InChI=1S/C19H21N5O2S/c1-13-8-22-18(11-21-13)24-19(25)23-16-4-3-14(7-17(16)26-2)9-20-10-15-5-6-27-12-15/h3-8,11-12,20H,9-10H2,1-2H3,(H2,22,23,24,25). The number of hydrogen-bond donors (Lipinski definition) is 3. The first kappa shape index (κ1) is 18.8. The zero-order valence-electron chi connectivity index (χ0n) is 15.2. The fourth-order valence-electron chi connectivity index (χ4n) is 2.42. The molecule has 2 aromatic heterocycles. The molecule has 0 unspecified atom stereocenters. The number of nitrogens with one attached hydrogen (secondary N) is 3. The smallest absolute Gasteiger partial charge is 0.324 e. The second-order valence-electron chi connectivity index (χ2n) is 5.89. The number of benzene rings is 1. The molecule has 0 atom stereocenters. The van der Waals surface area contributed by atoms with Crippen molar-refractivity contribution in [1.29, 1.82) is 0 Å². The summed E-state index contributed by atoms with van der Waals surface area (Å²) in [4.78, 5) is 20.4. The van der Waals surface area contributed by atoms with Crippen LogP contribution in [-0.4, -0.2) is 23.1 Å². The van der Waals surface area contributed by atoms with Gasteiger partial charge in [-0.1, -0.05) is 6.07 Å². The molecule has 2 amide bonds. The summed E-state index contributed by atoms with van der Waals surface area (Å²) in [6.45, 7) is 3.35. The number of carbonyl (C=O) groups excluding carboxylic acids is 1. The number of amides is 2. The molecule has 140 valence electrons. The number of aryl methyl sites for hydroxylation is 1. The number of hydrogen-bond acceptors (Lipinski definition) is 6. The van der Waals surface area contributed by atoms with Crippen molar-refractivity contribution in [1.82, 2.24) is 15.3 Å². The Morgan fingerprint density at radius 2 is 1.96 bits per heavy atom. The summed E-state index contributed by atoms with van der Waals surface area (Å²) < 4.78 is 5.41. The molecular formula is C19H21N5O2S. The van der Waals surface area contributed by atoms with Gasteiger partial charge in [-0.05, 0) is 47.0 Å². The van der Waals surface area contributed by atoms with Crippen LogP contribution in [0.3, 0.4) is 0 Å². The normalized spacial score (nSPS) is 10.4. The molecule has 0 spiro atoms. The van der Waals surface area contributed by atoms with Crippen LogP contribution in [-0.2, 0) is 13.1 Å². The highest BCUT2D eigenvalue weighted by molar-refractivity contribution is 7.07. The number of urea groups is 1. The van der Waals surface area contributed by atoms with E-state index in [-0.39, 0.29) is 0 Å². The SMILES string of the molecule is COc1cc(CNCc2ccsc2)ccc1NC(=O)Nc1cnc(C)cn1. The highest BCUT2D eigenvalue weighted by Gasteiger charge is 2.09. The number of aromatic nitrogens is 2. The summed E-state index contributed by atoms with van der Waals surface area (Å²) in [6.07, 6.45) is 3.10. The Morgan fingerprint density at radius 1 is 1.11 bits per heavy atom. The summed E-state index contributed by atoms with van der Waals surface area (Å²) in [7, 11) is 1.58. The van der Waals surface area contributed by atoms with Gasteiger partial charge in [-0.3, -0.25) is 10.3 Å². The molecule has 0 fully saturated rings. The average Bonchev–Trinajstić information content (AvgIpc) is 3.18. The number of rotatable bonds is 7. The first-order valence-electron chi connectivity index (χ1n) is 8.39. The molecule has 0 aliphatic heterocycles. The Bertz CT molecular complexity index is 882. The Labute approximate surface area is 161 Å². The van der Waals surface area contributed by atoms with Gasteiger partial charge in [-0.25, -0.2) is 9.78 Å². The average molecular weight is 383 g/mol. The first-order chi connectivity index (χ1) is 13.1. The van der Waals surface area contributed by atoms with E-state index in [1.165, 1.54) is 11.8 Å². The molecule has 0 saturated carbocycles. The maximum Gasteiger partial charge on any atom is 0.324 e. The fourth-order valence-corrected chi connectivity index (χ4v) is 3.09. The molecule has 3 N–H and O–H groups in total. The van der Waals surface area contributed by atoms with Crippen molar-refractivity contribution in [2.24, 2.45) is 0 Å². The van der Waals surface area contributed by atoms with E-state index in [0.29, 0.717) is 23.8 Å². The van der Waals surface area contributed by atoms with Crippen molar-refractivity contribution in [3.8, 4) is 5.75 Å². The monoisotopic (exact) mass is 383 g/mol. The molecule has 27 heavy (non-hydrogen) atoms. The van der Waals surface area contributed by atoms with Gasteiger partial charge in [0.25, 0.3) is 0 Å². The Balaban J connectivity index is 1.58. The van der Waals surface area contributed by atoms with Gasteiger partial charge >= 0.3 is 6.03 Å². The summed E-state index contributed by atoms with van der Waals surface area (Å²) >= 11 is 1.69. The number of anilines is 2. The van der Waals surface area contributed by atoms with Crippen molar-refractivity contribution in [2.75, 3.05) is 17.7 Å². The van der Waals surface area contributed by atoms with E-state index >= 15 is 0 Å². The summed E-state index contributed by atoms with van der Waals surface area (Å²) in [5, 5.41) is 13.0. The van der Waals surface area contributed by atoms with E-state index in [1.54, 1.807) is 24.6 Å². The van der Waals surface area contributed by atoms with Crippen LogP contribution in [0.2, 0.25) is 0 Å². The summed E-state index contributed by atoms with van der Waals surface area (Å²) in [5.74, 6) is 0.973. The number of ether oxygens (including phenoxy) is 1. The van der Waals surface area contributed by atoms with Gasteiger partial charge in [-0.15, -0.1) is 0 Å². The fraction of sp³-hybridized carbons (Fsp3) is 0.211. The highest BCUT2D eigenvalue weighted by atomic mass is 32.1. The van der Waals surface area contributed by atoms with Crippen LogP contribution >= 0.6 is 11.3 Å². The molecule has 1 aromatic carbocycles. The lowest BCUT2D eigenvalue weighted by Crippen LogP contribution is -2.20. The second kappa shape index (κ2) is 9.11. The van der Waals surface area contributed by atoms with Crippen molar-refractivity contribution < 1.29 is 9.53 Å². The van der Waals surface area contributed by atoms with Crippen LogP contribution < -0.4 is 20.7 Å². The molecule has 7 nitrogen and oxygen atoms in total. The predicted molar refractivity (Wildman–Crippen MR) is 107 cm³/mol. The van der Waals surface area contributed by atoms with Crippen molar-refractivity contribution in [3.63, 3.8) is 0 Å². The maximum absolute atomic E-state index is 12.2. The quantitative estimate of drug-likeness (QED) is 0.578. The van der Waals surface area contributed by atoms with Crippen LogP contribution in [0.5, 0.6) is 5.75 Å². The van der Waals surface area contributed by atoms with E-state index in [9.17, 15) is 4.79 Å². The molecule has 0 bridgehead atoms. The van der Waals surface area contributed by atoms with Crippen LogP contribution in [0.15, 0.2) is 47.4 Å². The summed E-state index contributed by atoms with van der Waals surface area (Å²) in [6, 6.07) is 7.37. The molecule has 0 aliphatic rings. The Morgan fingerprint density at radius 3 is 2.67 bits per heavy atom. The minimum Gasteiger partial charge on any atom is -0.495 e. The third kappa shape index (κ3) is 5.50. The van der Waals surface area contributed by atoms with E-state index < -0.39 is 6.03 Å². The van der Waals surface area contributed by atoms with E-state index in [1.807, 2.05) is 25.1 Å². The van der Waals surface area contributed by atoms with Crippen molar-refractivity contribution in [2.45, 2.75) is 20.0 Å². The highest BCUT2D eigenvalue weighted by Crippen LogP contribution is 2.25. The number of carbonyl (C=O) groups is 1. The van der Waals surface area contributed by atoms with Gasteiger partial charge in [0, 0.05) is 13.1 Å². The number of nitrogens with zero attached hydrogens (tertiary/aromatic N) is 2. The molecule has 0 aliphatic carbocycles. The lowest BCUT2D eigenvalue weighted by molar-refractivity contribution is 0.262. The molecular weight excluding hydrogens is 362 g/mol. The summed E-state index contributed by atoms with van der Waals surface area (Å²) in [5.41, 5.74) is 3.70. The Kier molecular flexibility index (Phi) is 6.35. The van der Waals surface area contributed by atoms with Gasteiger partial charge < -0.3 is 15.4 Å². The minimum atomic E-state index is -0.408. The van der Waals surface area contributed by atoms with Gasteiger partial charge in [0.2, 0.25) is 0 Å². The van der Waals surface area contributed by atoms with Crippen LogP contribution in [0.1, 0.15) is 16.8 Å². The van der Waals surface area contributed by atoms with Crippen LogP contribution in [0.25, 0.3) is 0 Å². The lowest BCUT2D eigenvalue weighted by atomic mass is 10.2. The maximum atomic E-state index is 12.2. The van der Waals surface area contributed by atoms with Gasteiger partial charge in [0.1, 0.15) is 5.75 Å². The molecule has 3 rings (SSSR count). The zero-order valence-corrected chi connectivity index (χ0v) is 16.0. The molecule has 3 aromatic rings. The first-order valence-corrected chi connectivity index (χ1v) is 9.33. The van der Waals surface area contributed by atoms with Gasteiger partial charge in [0.15, 0.2) is 5.82 Å². The predicted octanol–water partition coefficient (Wildman–Crippen LogP) is 3.79. The zero-order chi connectivity index (χ0) is 19.1. The lowest BCUT2D eigenvalue weighted by Gasteiger charge is -2.13.